The van der Waals surface area contributed by atoms with Crippen LogP contribution in [0.5, 0.6) is 0 Å². The van der Waals surface area contributed by atoms with Gasteiger partial charge in [-0.05, 0) is 32.9 Å². The van der Waals surface area contributed by atoms with Crippen molar-refractivity contribution in [1.82, 2.24) is 0 Å². The van der Waals surface area contributed by atoms with Crippen LogP contribution in [-0.2, 0) is 11.0 Å². The smallest absolute Gasteiger partial charge is 0.234 e. The Balaban J connectivity index is 3.00. The van der Waals surface area contributed by atoms with Gasteiger partial charge in [-0.3, -0.25) is 0 Å². The summed E-state index contributed by atoms with van der Waals surface area (Å²) in [5.74, 6) is -0.672. The topological polar surface area (TPSA) is 29.4 Å². The van der Waals surface area contributed by atoms with E-state index in [1.165, 1.54) is 0 Å². The van der Waals surface area contributed by atoms with Crippen molar-refractivity contribution >= 4 is 17.2 Å². The molecule has 0 aliphatic carbocycles. The van der Waals surface area contributed by atoms with E-state index in [1.54, 1.807) is 20.8 Å². The molecule has 1 atom stereocenters. The predicted molar refractivity (Wildman–Crippen MR) is 66.8 cm³/mol. The van der Waals surface area contributed by atoms with Crippen LogP contribution in [0.25, 0.3) is 0 Å². The molecule has 100 valence electrons. The first kappa shape index (κ1) is 14.9. The van der Waals surface area contributed by atoms with Crippen molar-refractivity contribution < 1.29 is 17.4 Å². The van der Waals surface area contributed by atoms with Gasteiger partial charge in [0.1, 0.15) is 16.8 Å². The summed E-state index contributed by atoms with van der Waals surface area (Å²) in [7, 11) is -1.55. The lowest BCUT2D eigenvalue weighted by Gasteiger charge is -2.12. The van der Waals surface area contributed by atoms with Gasteiger partial charge >= 0.3 is 0 Å². The zero-order chi connectivity index (χ0) is 13.9. The number of rotatable bonds is 3. The number of hydrogen-bond acceptors (Lipinski definition) is 1. The molecular formula is C12H14F3NOS. The van der Waals surface area contributed by atoms with E-state index in [2.05, 4.69) is 4.40 Å². The van der Waals surface area contributed by atoms with Gasteiger partial charge in [-0.15, -0.1) is 0 Å². The monoisotopic (exact) mass is 277 g/mol. The summed E-state index contributed by atoms with van der Waals surface area (Å²) in [6, 6.07) is 2.96. The van der Waals surface area contributed by atoms with E-state index >= 15 is 0 Å². The molecule has 6 heteroatoms. The number of nitrogens with zero attached hydrogens (tertiary/aromatic N) is 1. The van der Waals surface area contributed by atoms with Gasteiger partial charge in [0.25, 0.3) is 6.43 Å². The Bertz CT molecular complexity index is 481. The number of halogens is 3. The van der Waals surface area contributed by atoms with E-state index in [0.29, 0.717) is 0 Å². The number of benzene rings is 1. The molecule has 0 bridgehead atoms. The van der Waals surface area contributed by atoms with Crippen LogP contribution >= 0.6 is 0 Å². The molecule has 1 unspecified atom stereocenters. The fraction of sp³-hybridized carbons (Fsp3) is 0.417. The van der Waals surface area contributed by atoms with Gasteiger partial charge in [-0.1, -0.05) is 6.07 Å². The molecule has 0 saturated heterocycles. The van der Waals surface area contributed by atoms with Gasteiger partial charge in [0.15, 0.2) is 0 Å². The highest BCUT2D eigenvalue weighted by Gasteiger charge is 2.18. The molecule has 0 amide bonds. The molecule has 0 N–H and O–H groups in total. The minimum absolute atomic E-state index is 0.0922. The second-order valence-electron chi connectivity index (χ2n) is 4.68. The molecule has 1 aromatic rings. The Labute approximate surface area is 107 Å². The van der Waals surface area contributed by atoms with Crippen molar-refractivity contribution in [3.05, 3.63) is 35.1 Å². The van der Waals surface area contributed by atoms with Gasteiger partial charge in [-0.2, -0.15) is 4.40 Å². The Morgan fingerprint density at radius 3 is 2.44 bits per heavy atom. The summed E-state index contributed by atoms with van der Waals surface area (Å²) in [5.41, 5.74) is -0.384. The fourth-order valence-electron chi connectivity index (χ4n) is 1.06. The lowest BCUT2D eigenvalue weighted by molar-refractivity contribution is 0.151. The van der Waals surface area contributed by atoms with Crippen LogP contribution in [0, 0.1) is 5.82 Å². The van der Waals surface area contributed by atoms with Gasteiger partial charge in [0.2, 0.25) is 0 Å². The third-order valence-corrected chi connectivity index (χ3v) is 3.43. The summed E-state index contributed by atoms with van der Waals surface area (Å²) in [5, 5.41) is 0. The van der Waals surface area contributed by atoms with Gasteiger partial charge in [0, 0.05) is 17.3 Å². The molecule has 0 aliphatic heterocycles. The zero-order valence-corrected chi connectivity index (χ0v) is 11.1. The van der Waals surface area contributed by atoms with Crippen LogP contribution in [0.4, 0.5) is 13.2 Å². The van der Waals surface area contributed by atoms with E-state index in [-0.39, 0.29) is 11.1 Å². The van der Waals surface area contributed by atoms with Crippen molar-refractivity contribution in [3.8, 4) is 0 Å². The average Bonchev–Trinajstić information content (AvgIpc) is 2.25. The molecule has 0 aromatic heterocycles. The Morgan fingerprint density at radius 1 is 1.33 bits per heavy atom. The zero-order valence-electron chi connectivity index (χ0n) is 10.3. The maximum absolute atomic E-state index is 13.3. The molecule has 18 heavy (non-hydrogen) atoms. The summed E-state index contributed by atoms with van der Waals surface area (Å²) in [4.78, 5) is 0. The molecular weight excluding hydrogens is 263 g/mol. The van der Waals surface area contributed by atoms with Crippen molar-refractivity contribution in [3.63, 3.8) is 0 Å². The molecule has 0 aliphatic rings. The SMILES string of the molecule is CC(C)(C)S(=O)N=Cc1cc(C(F)F)ccc1F. The second kappa shape index (κ2) is 5.65. The fourth-order valence-corrected chi connectivity index (χ4v) is 1.59. The van der Waals surface area contributed by atoms with E-state index in [1.807, 2.05) is 0 Å². The first-order chi connectivity index (χ1) is 8.21. The van der Waals surface area contributed by atoms with Gasteiger partial charge in [-0.25, -0.2) is 17.4 Å². The van der Waals surface area contributed by atoms with Gasteiger partial charge < -0.3 is 0 Å². The summed E-state index contributed by atoms with van der Waals surface area (Å²) < 4.78 is 52.9. The third kappa shape index (κ3) is 3.94. The second-order valence-corrected chi connectivity index (χ2v) is 6.61. The van der Waals surface area contributed by atoms with E-state index in [0.717, 1.165) is 24.4 Å². The highest BCUT2D eigenvalue weighted by Crippen LogP contribution is 2.21. The minimum Gasteiger partial charge on any atom is -0.234 e. The van der Waals surface area contributed by atoms with Crippen LogP contribution in [0.3, 0.4) is 0 Å². The van der Waals surface area contributed by atoms with Crippen LogP contribution in [0.2, 0.25) is 0 Å². The average molecular weight is 277 g/mol. The highest BCUT2D eigenvalue weighted by molar-refractivity contribution is 7.85. The summed E-state index contributed by atoms with van der Waals surface area (Å²) in [6.07, 6.45) is -1.64. The first-order valence-corrected chi connectivity index (χ1v) is 6.36. The number of alkyl halides is 2. The normalized spacial score (nSPS) is 14.4. The van der Waals surface area contributed by atoms with E-state index in [9.17, 15) is 17.4 Å². The van der Waals surface area contributed by atoms with Crippen LogP contribution in [-0.4, -0.2) is 15.2 Å². The van der Waals surface area contributed by atoms with Crippen molar-refractivity contribution in [2.45, 2.75) is 31.9 Å². The molecule has 0 saturated carbocycles. The molecule has 0 heterocycles. The summed E-state index contributed by atoms with van der Waals surface area (Å²) in [6.45, 7) is 5.14. The maximum atomic E-state index is 13.3. The van der Waals surface area contributed by atoms with E-state index < -0.39 is 28.0 Å². The lowest BCUT2D eigenvalue weighted by atomic mass is 10.1. The first-order valence-electron chi connectivity index (χ1n) is 5.25. The Morgan fingerprint density at radius 2 is 1.94 bits per heavy atom. The third-order valence-electron chi connectivity index (χ3n) is 2.08. The van der Waals surface area contributed by atoms with Crippen molar-refractivity contribution in [2.75, 3.05) is 0 Å². The van der Waals surface area contributed by atoms with Crippen LogP contribution in [0.15, 0.2) is 22.6 Å². The van der Waals surface area contributed by atoms with Crippen LogP contribution in [0.1, 0.15) is 38.3 Å². The highest BCUT2D eigenvalue weighted by atomic mass is 32.2. The predicted octanol–water partition coefficient (Wildman–Crippen LogP) is 3.64. The molecule has 2 nitrogen and oxygen atoms in total. The van der Waals surface area contributed by atoms with Gasteiger partial charge in [0.05, 0.1) is 4.75 Å². The lowest BCUT2D eigenvalue weighted by Crippen LogP contribution is -2.19. The largest absolute Gasteiger partial charge is 0.263 e. The Hall–Kier alpha value is -1.17. The maximum Gasteiger partial charge on any atom is 0.263 e. The number of hydrogen-bond donors (Lipinski definition) is 0. The quantitative estimate of drug-likeness (QED) is 0.775. The molecule has 0 fully saturated rings. The Kier molecular flexibility index (Phi) is 4.67. The molecule has 0 spiro atoms. The minimum atomic E-state index is -2.68. The molecule has 0 radical (unpaired) electrons. The molecule has 1 aromatic carbocycles. The molecule has 1 rings (SSSR count). The summed E-state index contributed by atoms with van der Waals surface area (Å²) >= 11 is 0. The van der Waals surface area contributed by atoms with Crippen LogP contribution < -0.4 is 0 Å². The standard InChI is InChI=1S/C12H14F3NOS/c1-12(2,3)18(17)16-7-9-6-8(11(14)15)4-5-10(9)13/h4-7,11H,1-3H3. The van der Waals surface area contributed by atoms with Crippen molar-refractivity contribution in [1.29, 1.82) is 0 Å². The van der Waals surface area contributed by atoms with Crippen molar-refractivity contribution in [2.24, 2.45) is 4.40 Å². The van der Waals surface area contributed by atoms with E-state index in [4.69, 9.17) is 0 Å².